The number of nitrogens with one attached hydrogen (secondary N) is 1. The molecule has 1 aromatic carbocycles. The lowest BCUT2D eigenvalue weighted by atomic mass is 10.1. The topological polar surface area (TPSA) is 82.4 Å². The summed E-state index contributed by atoms with van der Waals surface area (Å²) in [6, 6.07) is 9.86. The third-order valence-corrected chi connectivity index (χ3v) is 3.13. The zero-order chi connectivity index (χ0) is 17.2. The number of nitriles is 1. The van der Waals surface area contributed by atoms with Crippen LogP contribution >= 0.6 is 0 Å². The minimum Gasteiger partial charge on any atom is -0.444 e. The Balaban J connectivity index is 2.67. The van der Waals surface area contributed by atoms with E-state index in [4.69, 9.17) is 10.00 Å². The monoisotopic (exact) mass is 317 g/mol. The van der Waals surface area contributed by atoms with Gasteiger partial charge in [-0.1, -0.05) is 44.2 Å². The summed E-state index contributed by atoms with van der Waals surface area (Å²) in [6.45, 7) is 5.90. The van der Waals surface area contributed by atoms with E-state index in [-0.39, 0.29) is 13.2 Å². The zero-order valence-corrected chi connectivity index (χ0v) is 13.8. The molecule has 0 saturated heterocycles. The summed E-state index contributed by atoms with van der Waals surface area (Å²) in [5.74, 6) is 0.334. The van der Waals surface area contributed by atoms with E-state index in [1.54, 1.807) is 6.92 Å². The molecule has 1 N–H and O–H groups in total. The number of urea groups is 1. The van der Waals surface area contributed by atoms with Gasteiger partial charge in [-0.15, -0.1) is 0 Å². The van der Waals surface area contributed by atoms with Gasteiger partial charge in [0, 0.05) is 6.54 Å². The van der Waals surface area contributed by atoms with Crippen LogP contribution in [-0.2, 0) is 11.3 Å². The van der Waals surface area contributed by atoms with Gasteiger partial charge in [-0.25, -0.2) is 14.5 Å². The fourth-order valence-corrected chi connectivity index (χ4v) is 1.76. The Bertz CT molecular complexity index is 552. The van der Waals surface area contributed by atoms with Gasteiger partial charge in [-0.05, 0) is 24.8 Å². The quantitative estimate of drug-likeness (QED) is 0.872. The van der Waals surface area contributed by atoms with Gasteiger partial charge >= 0.3 is 12.1 Å². The van der Waals surface area contributed by atoms with Crippen molar-refractivity contribution in [2.24, 2.45) is 5.92 Å². The molecule has 0 heterocycles. The number of hydrogen-bond acceptors (Lipinski definition) is 4. The summed E-state index contributed by atoms with van der Waals surface area (Å²) in [4.78, 5) is 25.4. The molecule has 0 aromatic heterocycles. The Morgan fingerprint density at radius 3 is 2.48 bits per heavy atom. The molecule has 6 heteroatoms. The lowest BCUT2D eigenvalue weighted by Crippen LogP contribution is -2.47. The summed E-state index contributed by atoms with van der Waals surface area (Å²) < 4.78 is 5.20. The number of carbonyl (C=O) groups excluding carboxylic acids is 2. The van der Waals surface area contributed by atoms with E-state index < -0.39 is 18.2 Å². The summed E-state index contributed by atoms with van der Waals surface area (Å²) in [7, 11) is 0. The summed E-state index contributed by atoms with van der Waals surface area (Å²) in [5, 5.41) is 11.2. The van der Waals surface area contributed by atoms with Crippen molar-refractivity contribution in [3.05, 3.63) is 35.9 Å². The molecule has 1 atom stereocenters. The van der Waals surface area contributed by atoms with Gasteiger partial charge in [0.15, 0.2) is 0 Å². The molecular formula is C17H23N3O3. The van der Waals surface area contributed by atoms with Crippen molar-refractivity contribution in [1.29, 1.82) is 5.26 Å². The van der Waals surface area contributed by atoms with E-state index in [0.717, 1.165) is 10.5 Å². The van der Waals surface area contributed by atoms with Crippen molar-refractivity contribution < 1.29 is 14.3 Å². The molecule has 1 aromatic rings. The Kier molecular flexibility index (Phi) is 7.61. The molecule has 0 aliphatic rings. The fourth-order valence-electron chi connectivity index (χ4n) is 1.76. The third kappa shape index (κ3) is 6.83. The Morgan fingerprint density at radius 2 is 1.91 bits per heavy atom. The largest absolute Gasteiger partial charge is 0.444 e. The van der Waals surface area contributed by atoms with Crippen LogP contribution < -0.4 is 5.32 Å². The molecule has 1 rings (SSSR count). The third-order valence-electron chi connectivity index (χ3n) is 3.13. The van der Waals surface area contributed by atoms with Crippen molar-refractivity contribution in [2.45, 2.75) is 39.8 Å². The number of nitrogens with zero attached hydrogens (tertiary/aromatic N) is 2. The van der Waals surface area contributed by atoms with Gasteiger partial charge in [0.2, 0.25) is 0 Å². The van der Waals surface area contributed by atoms with E-state index in [9.17, 15) is 9.59 Å². The van der Waals surface area contributed by atoms with Gasteiger partial charge in [0.25, 0.3) is 0 Å². The maximum Gasteiger partial charge on any atom is 0.418 e. The number of ether oxygens (including phenoxy) is 1. The van der Waals surface area contributed by atoms with Crippen molar-refractivity contribution in [3.8, 4) is 6.07 Å². The van der Waals surface area contributed by atoms with Crippen molar-refractivity contribution in [2.75, 3.05) is 6.54 Å². The van der Waals surface area contributed by atoms with E-state index in [2.05, 4.69) is 5.32 Å². The average Bonchev–Trinajstić information content (AvgIpc) is 2.53. The van der Waals surface area contributed by atoms with Gasteiger partial charge < -0.3 is 10.1 Å². The molecular weight excluding hydrogens is 294 g/mol. The van der Waals surface area contributed by atoms with Crippen LogP contribution in [0.1, 0.15) is 32.8 Å². The molecule has 6 nitrogen and oxygen atoms in total. The number of carbonyl (C=O) groups is 2. The normalized spacial score (nSPS) is 11.4. The zero-order valence-electron chi connectivity index (χ0n) is 13.8. The highest BCUT2D eigenvalue weighted by molar-refractivity contribution is 5.91. The molecule has 0 aliphatic heterocycles. The van der Waals surface area contributed by atoms with Crippen molar-refractivity contribution in [3.63, 3.8) is 0 Å². The van der Waals surface area contributed by atoms with Crippen molar-refractivity contribution >= 4 is 12.1 Å². The SMILES string of the molecule is CC(C)CCN(C(=O)N[C@@H](C)C#N)C(=O)OCc1ccccc1. The van der Waals surface area contributed by atoms with E-state index in [0.29, 0.717) is 12.3 Å². The van der Waals surface area contributed by atoms with E-state index in [1.165, 1.54) is 0 Å². The number of hydrogen-bond donors (Lipinski definition) is 1. The maximum absolute atomic E-state index is 12.2. The second kappa shape index (κ2) is 9.46. The van der Waals surface area contributed by atoms with Crippen LogP contribution in [0.5, 0.6) is 0 Å². The van der Waals surface area contributed by atoms with Crippen LogP contribution in [0.2, 0.25) is 0 Å². The smallest absolute Gasteiger partial charge is 0.418 e. The van der Waals surface area contributed by atoms with Crippen LogP contribution in [0.15, 0.2) is 30.3 Å². The highest BCUT2D eigenvalue weighted by Gasteiger charge is 2.24. The number of benzene rings is 1. The first-order valence-corrected chi connectivity index (χ1v) is 7.62. The minimum atomic E-state index is -0.711. The molecule has 0 aliphatic carbocycles. The Hall–Kier alpha value is -2.55. The molecule has 0 spiro atoms. The second-order valence-corrected chi connectivity index (χ2v) is 5.67. The summed E-state index contributed by atoms with van der Waals surface area (Å²) >= 11 is 0. The predicted molar refractivity (Wildman–Crippen MR) is 86.4 cm³/mol. The number of rotatable bonds is 6. The number of imide groups is 1. The van der Waals surface area contributed by atoms with Crippen LogP contribution in [0.4, 0.5) is 9.59 Å². The van der Waals surface area contributed by atoms with E-state index >= 15 is 0 Å². The molecule has 0 saturated carbocycles. The highest BCUT2D eigenvalue weighted by Crippen LogP contribution is 2.07. The maximum atomic E-state index is 12.2. The molecule has 3 amide bonds. The minimum absolute atomic E-state index is 0.0962. The fraction of sp³-hybridized carbons (Fsp3) is 0.471. The average molecular weight is 317 g/mol. The van der Waals surface area contributed by atoms with Crippen molar-refractivity contribution in [1.82, 2.24) is 10.2 Å². The lowest BCUT2D eigenvalue weighted by molar-refractivity contribution is 0.102. The summed E-state index contributed by atoms with van der Waals surface area (Å²) in [6.07, 6.45) is -0.0495. The standard InChI is InChI=1S/C17H23N3O3/c1-13(2)9-10-20(16(21)19-14(3)11-18)17(22)23-12-15-7-5-4-6-8-15/h4-8,13-14H,9-10,12H2,1-3H3,(H,19,21)/t14-/m0/s1. The molecule has 124 valence electrons. The Morgan fingerprint density at radius 1 is 1.26 bits per heavy atom. The first-order chi connectivity index (χ1) is 10.9. The lowest BCUT2D eigenvalue weighted by Gasteiger charge is -2.22. The first-order valence-electron chi connectivity index (χ1n) is 7.62. The number of amides is 3. The van der Waals surface area contributed by atoms with Gasteiger partial charge in [0.05, 0.1) is 6.07 Å². The molecule has 0 radical (unpaired) electrons. The predicted octanol–water partition coefficient (Wildman–Crippen LogP) is 3.29. The summed E-state index contributed by atoms with van der Waals surface area (Å²) in [5.41, 5.74) is 0.843. The molecule has 0 fully saturated rings. The highest BCUT2D eigenvalue weighted by atomic mass is 16.6. The van der Waals surface area contributed by atoms with Gasteiger partial charge in [-0.2, -0.15) is 5.26 Å². The molecule has 0 bridgehead atoms. The van der Waals surface area contributed by atoms with Gasteiger partial charge in [0.1, 0.15) is 12.6 Å². The molecule has 23 heavy (non-hydrogen) atoms. The van der Waals surface area contributed by atoms with Crippen LogP contribution in [0.3, 0.4) is 0 Å². The van der Waals surface area contributed by atoms with E-state index in [1.807, 2.05) is 50.2 Å². The Labute approximate surface area is 137 Å². The second-order valence-electron chi connectivity index (χ2n) is 5.67. The van der Waals surface area contributed by atoms with Gasteiger partial charge in [-0.3, -0.25) is 0 Å². The van der Waals surface area contributed by atoms with Crippen LogP contribution in [0.25, 0.3) is 0 Å². The first kappa shape index (κ1) is 18.5. The van der Waals surface area contributed by atoms with Crippen LogP contribution in [-0.4, -0.2) is 29.6 Å². The molecule has 0 unspecified atom stereocenters. The van der Waals surface area contributed by atoms with Crippen LogP contribution in [0, 0.1) is 17.2 Å².